The first-order chi connectivity index (χ1) is 13.1. The molecule has 1 aliphatic rings. The van der Waals surface area contributed by atoms with Crippen molar-refractivity contribution in [3.8, 4) is 17.0 Å². The van der Waals surface area contributed by atoms with Crippen molar-refractivity contribution in [2.75, 3.05) is 6.61 Å². The van der Waals surface area contributed by atoms with Gasteiger partial charge in [-0.25, -0.2) is 9.37 Å². The third-order valence-electron chi connectivity index (χ3n) is 4.99. The Bertz CT molecular complexity index is 911. The molecule has 1 aromatic carbocycles. The largest absolute Gasteiger partial charge is 0.486 e. The van der Waals surface area contributed by atoms with Crippen LogP contribution in [-0.2, 0) is 17.9 Å². The van der Waals surface area contributed by atoms with E-state index < -0.39 is 0 Å². The number of aryl methyl sites for hydroxylation is 1. The first-order valence-corrected chi connectivity index (χ1v) is 10.1. The predicted molar refractivity (Wildman–Crippen MR) is 105 cm³/mol. The van der Waals surface area contributed by atoms with Gasteiger partial charge in [0.15, 0.2) is 0 Å². The van der Waals surface area contributed by atoms with Crippen LogP contribution in [0, 0.1) is 19.7 Å². The van der Waals surface area contributed by atoms with Crippen LogP contribution in [0.2, 0.25) is 0 Å². The predicted octanol–water partition coefficient (Wildman–Crippen LogP) is 5.13. The van der Waals surface area contributed by atoms with Gasteiger partial charge in [-0.1, -0.05) is 0 Å². The van der Waals surface area contributed by atoms with Crippen molar-refractivity contribution in [1.29, 1.82) is 0 Å². The molecule has 1 saturated heterocycles. The van der Waals surface area contributed by atoms with Crippen LogP contribution in [0.25, 0.3) is 11.3 Å². The third kappa shape index (κ3) is 4.06. The molecule has 0 spiro atoms. The number of hydrogen-bond acceptors (Lipinski definition) is 4. The summed E-state index contributed by atoms with van der Waals surface area (Å²) in [6.45, 7) is 6.44. The van der Waals surface area contributed by atoms with E-state index in [9.17, 15) is 4.39 Å². The van der Waals surface area contributed by atoms with Gasteiger partial charge in [0.2, 0.25) is 0 Å². The Kier molecular flexibility index (Phi) is 5.27. The molecule has 1 atom stereocenters. The minimum atomic E-state index is -0.266. The number of rotatable bonds is 6. The van der Waals surface area contributed by atoms with Crippen LogP contribution in [0.3, 0.4) is 0 Å². The Balaban J connectivity index is 1.46. The molecule has 2 aromatic heterocycles. The normalized spacial score (nSPS) is 16.8. The lowest BCUT2D eigenvalue weighted by atomic mass is 10.2. The van der Waals surface area contributed by atoms with E-state index in [-0.39, 0.29) is 5.82 Å². The van der Waals surface area contributed by atoms with E-state index in [2.05, 4.69) is 29.9 Å². The number of aromatic nitrogens is 2. The average Bonchev–Trinajstić information content (AvgIpc) is 3.39. The highest BCUT2D eigenvalue weighted by molar-refractivity contribution is 7.09. The van der Waals surface area contributed by atoms with Gasteiger partial charge in [0.25, 0.3) is 0 Å². The lowest BCUT2D eigenvalue weighted by Gasteiger charge is -2.14. The molecule has 0 N–H and O–H groups in total. The molecule has 4 rings (SSSR count). The van der Waals surface area contributed by atoms with Crippen LogP contribution >= 0.6 is 11.3 Å². The molecule has 0 aliphatic carbocycles. The topological polar surface area (TPSA) is 36.3 Å². The summed E-state index contributed by atoms with van der Waals surface area (Å²) in [6, 6.07) is 8.24. The molecule has 6 heteroatoms. The zero-order valence-corrected chi connectivity index (χ0v) is 16.4. The highest BCUT2D eigenvalue weighted by Gasteiger charge is 2.20. The maximum Gasteiger partial charge on any atom is 0.140 e. The van der Waals surface area contributed by atoms with Gasteiger partial charge in [-0.05, 0) is 57.0 Å². The Morgan fingerprint density at radius 2 is 2.11 bits per heavy atom. The van der Waals surface area contributed by atoms with Crippen LogP contribution in [0.1, 0.15) is 29.2 Å². The molecule has 0 amide bonds. The fourth-order valence-electron chi connectivity index (χ4n) is 3.51. The second-order valence-corrected chi connectivity index (χ2v) is 7.84. The first-order valence-electron chi connectivity index (χ1n) is 9.21. The molecule has 3 aromatic rings. The highest BCUT2D eigenvalue weighted by Crippen LogP contribution is 2.29. The second-order valence-electron chi connectivity index (χ2n) is 6.90. The monoisotopic (exact) mass is 386 g/mol. The maximum absolute atomic E-state index is 13.0. The summed E-state index contributed by atoms with van der Waals surface area (Å²) in [4.78, 5) is 4.74. The molecule has 27 heavy (non-hydrogen) atoms. The maximum atomic E-state index is 13.0. The second kappa shape index (κ2) is 7.82. The van der Waals surface area contributed by atoms with Crippen molar-refractivity contribution in [2.24, 2.45) is 0 Å². The standard InChI is InChI=1S/C21H23FN2O2S/c1-14-10-19(15(2)24(14)11-18-4-3-9-25-18)20-13-27-21(23-20)12-26-17-7-5-16(22)6-8-17/h5-8,10,13,18H,3-4,9,11-12H2,1-2H3/t18-/m0/s1. The summed E-state index contributed by atoms with van der Waals surface area (Å²) >= 11 is 1.58. The zero-order valence-electron chi connectivity index (χ0n) is 15.6. The van der Waals surface area contributed by atoms with E-state index in [1.807, 2.05) is 0 Å². The van der Waals surface area contributed by atoms with Crippen molar-refractivity contribution >= 4 is 11.3 Å². The lowest BCUT2D eigenvalue weighted by Crippen LogP contribution is -2.16. The summed E-state index contributed by atoms with van der Waals surface area (Å²) in [5.41, 5.74) is 4.59. The molecular weight excluding hydrogens is 363 g/mol. The Morgan fingerprint density at radius 1 is 1.30 bits per heavy atom. The summed E-state index contributed by atoms with van der Waals surface area (Å²) in [7, 11) is 0. The van der Waals surface area contributed by atoms with E-state index in [0.29, 0.717) is 18.5 Å². The van der Waals surface area contributed by atoms with Gasteiger partial charge >= 0.3 is 0 Å². The van der Waals surface area contributed by atoms with E-state index in [4.69, 9.17) is 14.5 Å². The number of hydrogen-bond donors (Lipinski definition) is 0. The molecule has 0 unspecified atom stereocenters. The molecule has 1 aliphatic heterocycles. The number of benzene rings is 1. The van der Waals surface area contributed by atoms with E-state index in [1.54, 1.807) is 23.5 Å². The van der Waals surface area contributed by atoms with Crippen LogP contribution in [-0.4, -0.2) is 22.3 Å². The molecular formula is C21H23FN2O2S. The molecule has 0 bridgehead atoms. The molecule has 3 heterocycles. The van der Waals surface area contributed by atoms with Crippen LogP contribution in [0.5, 0.6) is 5.75 Å². The van der Waals surface area contributed by atoms with Crippen molar-refractivity contribution in [2.45, 2.75) is 45.9 Å². The summed E-state index contributed by atoms with van der Waals surface area (Å²) < 4.78 is 26.8. The van der Waals surface area contributed by atoms with Crippen LogP contribution < -0.4 is 4.74 Å². The van der Waals surface area contributed by atoms with Crippen molar-refractivity contribution in [1.82, 2.24) is 9.55 Å². The molecule has 142 valence electrons. The van der Waals surface area contributed by atoms with E-state index >= 15 is 0 Å². The lowest BCUT2D eigenvalue weighted by molar-refractivity contribution is 0.0962. The van der Waals surface area contributed by atoms with Crippen molar-refractivity contribution < 1.29 is 13.9 Å². The summed E-state index contributed by atoms with van der Waals surface area (Å²) in [5.74, 6) is 0.375. The van der Waals surface area contributed by atoms with Crippen LogP contribution in [0.15, 0.2) is 35.7 Å². The average molecular weight is 386 g/mol. The molecule has 0 radical (unpaired) electrons. The van der Waals surface area contributed by atoms with Gasteiger partial charge in [0.1, 0.15) is 23.2 Å². The zero-order chi connectivity index (χ0) is 18.8. The van der Waals surface area contributed by atoms with E-state index in [1.165, 1.54) is 23.5 Å². The van der Waals surface area contributed by atoms with Gasteiger partial charge in [-0.3, -0.25) is 0 Å². The fourth-order valence-corrected chi connectivity index (χ4v) is 4.22. The van der Waals surface area contributed by atoms with Crippen molar-refractivity contribution in [3.63, 3.8) is 0 Å². The van der Waals surface area contributed by atoms with Crippen LogP contribution in [0.4, 0.5) is 4.39 Å². The minimum absolute atomic E-state index is 0.266. The number of ether oxygens (including phenoxy) is 2. The minimum Gasteiger partial charge on any atom is -0.486 e. The van der Waals surface area contributed by atoms with E-state index in [0.717, 1.165) is 42.3 Å². The molecule has 0 saturated carbocycles. The summed E-state index contributed by atoms with van der Waals surface area (Å²) in [5, 5.41) is 2.97. The van der Waals surface area contributed by atoms with Gasteiger partial charge < -0.3 is 14.0 Å². The molecule has 1 fully saturated rings. The third-order valence-corrected chi connectivity index (χ3v) is 5.81. The SMILES string of the molecule is Cc1cc(-c2csc(COc3ccc(F)cc3)n2)c(C)n1C[C@@H]1CCCO1. The number of thiazole rings is 1. The number of halogens is 1. The quantitative estimate of drug-likeness (QED) is 0.590. The number of nitrogens with zero attached hydrogens (tertiary/aromatic N) is 2. The highest BCUT2D eigenvalue weighted by atomic mass is 32.1. The Hall–Kier alpha value is -2.18. The molecule has 4 nitrogen and oxygen atoms in total. The summed E-state index contributed by atoms with van der Waals surface area (Å²) in [6.07, 6.45) is 2.60. The Morgan fingerprint density at radius 3 is 2.85 bits per heavy atom. The van der Waals surface area contributed by atoms with Gasteiger partial charge in [-0.15, -0.1) is 11.3 Å². The first kappa shape index (κ1) is 18.2. The fraction of sp³-hybridized carbons (Fsp3) is 0.381. The van der Waals surface area contributed by atoms with Gasteiger partial charge in [0.05, 0.1) is 11.8 Å². The van der Waals surface area contributed by atoms with Gasteiger partial charge in [0, 0.05) is 35.5 Å². The smallest absolute Gasteiger partial charge is 0.140 e. The van der Waals surface area contributed by atoms with Gasteiger partial charge in [-0.2, -0.15) is 0 Å². The Labute approximate surface area is 162 Å². The van der Waals surface area contributed by atoms with Crippen molar-refractivity contribution in [3.05, 3.63) is 57.9 Å².